The average molecular weight is 364 g/mol. The summed E-state index contributed by atoms with van der Waals surface area (Å²) in [5, 5.41) is 4.21. The molecule has 0 aromatic carbocycles. The summed E-state index contributed by atoms with van der Waals surface area (Å²) in [7, 11) is -3.15. The van der Waals surface area contributed by atoms with Crippen molar-refractivity contribution in [1.82, 2.24) is 19.4 Å². The molecule has 0 amide bonds. The maximum atomic E-state index is 12.1. The molecule has 136 valence electrons. The molecule has 7 nitrogen and oxygen atoms in total. The lowest BCUT2D eigenvalue weighted by molar-refractivity contribution is 0.205. The van der Waals surface area contributed by atoms with Crippen LogP contribution in [0.4, 0.5) is 0 Å². The van der Waals surface area contributed by atoms with Crippen molar-refractivity contribution in [2.45, 2.75) is 44.6 Å². The highest BCUT2D eigenvalue weighted by Crippen LogP contribution is 2.27. The third-order valence-electron chi connectivity index (χ3n) is 4.85. The first-order chi connectivity index (χ1) is 12.0. The lowest BCUT2D eigenvalue weighted by atomic mass is 10.1. The molecule has 1 aliphatic carbocycles. The fourth-order valence-electron chi connectivity index (χ4n) is 3.39. The van der Waals surface area contributed by atoms with Gasteiger partial charge in [-0.2, -0.15) is 5.10 Å². The van der Waals surface area contributed by atoms with Crippen LogP contribution in [0.1, 0.15) is 30.1 Å². The van der Waals surface area contributed by atoms with Crippen molar-refractivity contribution in [3.63, 3.8) is 0 Å². The number of nitrogens with zero attached hydrogens (tertiary/aromatic N) is 3. The standard InChI is InChI=1S/C17H24N4O3S/c1-13-2-3-16(24-13)12-20-9-14(8-19-25(22,23)17-4-5-17)10-21-15(11-20)6-7-18-21/h2-3,6-7,14,17,19H,4-5,8-12H2,1H3/t14-/m0/s1. The average Bonchev–Trinajstić information content (AvgIpc) is 3.27. The molecule has 2 aromatic rings. The molecule has 8 heteroatoms. The zero-order valence-corrected chi connectivity index (χ0v) is 15.2. The van der Waals surface area contributed by atoms with Crippen molar-refractivity contribution in [3.8, 4) is 0 Å². The van der Waals surface area contributed by atoms with Crippen LogP contribution in [-0.4, -0.2) is 41.4 Å². The molecule has 0 radical (unpaired) electrons. The van der Waals surface area contributed by atoms with Crippen LogP contribution in [0.5, 0.6) is 0 Å². The highest BCUT2D eigenvalue weighted by molar-refractivity contribution is 7.90. The van der Waals surface area contributed by atoms with Crippen LogP contribution in [-0.2, 0) is 29.7 Å². The van der Waals surface area contributed by atoms with Gasteiger partial charge in [-0.1, -0.05) is 0 Å². The number of sulfonamides is 1. The van der Waals surface area contributed by atoms with Crippen LogP contribution in [0, 0.1) is 12.8 Å². The Balaban J connectivity index is 1.46. The first-order valence-corrected chi connectivity index (χ1v) is 10.3. The van der Waals surface area contributed by atoms with Crippen LogP contribution in [0.3, 0.4) is 0 Å². The number of aromatic nitrogens is 2. The van der Waals surface area contributed by atoms with Crippen LogP contribution >= 0.6 is 0 Å². The van der Waals surface area contributed by atoms with Gasteiger partial charge in [-0.25, -0.2) is 13.1 Å². The summed E-state index contributed by atoms with van der Waals surface area (Å²) in [6.45, 7) is 5.41. The van der Waals surface area contributed by atoms with Gasteiger partial charge in [0.15, 0.2) is 0 Å². The smallest absolute Gasteiger partial charge is 0.214 e. The van der Waals surface area contributed by atoms with E-state index in [0.29, 0.717) is 13.1 Å². The molecule has 1 fully saturated rings. The predicted octanol–water partition coefficient (Wildman–Crippen LogP) is 1.50. The number of fused-ring (bicyclic) bond motifs is 1. The minimum Gasteiger partial charge on any atom is -0.465 e. The number of furan rings is 1. The van der Waals surface area contributed by atoms with Gasteiger partial charge in [0.05, 0.1) is 17.5 Å². The van der Waals surface area contributed by atoms with Crippen molar-refractivity contribution in [2.24, 2.45) is 5.92 Å². The minimum atomic E-state index is -3.15. The molecule has 25 heavy (non-hydrogen) atoms. The zero-order valence-electron chi connectivity index (χ0n) is 14.4. The Kier molecular flexibility index (Phi) is 4.43. The Labute approximate surface area is 148 Å². The lowest BCUT2D eigenvalue weighted by Crippen LogP contribution is -2.37. The Bertz CT molecular complexity index is 838. The van der Waals surface area contributed by atoms with Crippen molar-refractivity contribution < 1.29 is 12.8 Å². The molecule has 1 atom stereocenters. The SMILES string of the molecule is Cc1ccc(CN2Cc3ccnn3C[C@@H](CNS(=O)(=O)C3CC3)C2)o1. The first-order valence-electron chi connectivity index (χ1n) is 8.76. The van der Waals surface area contributed by atoms with E-state index >= 15 is 0 Å². The third-order valence-corrected chi connectivity index (χ3v) is 6.77. The van der Waals surface area contributed by atoms with Gasteiger partial charge in [0.25, 0.3) is 0 Å². The van der Waals surface area contributed by atoms with Gasteiger partial charge in [-0.05, 0) is 38.0 Å². The van der Waals surface area contributed by atoms with E-state index < -0.39 is 10.0 Å². The zero-order chi connectivity index (χ0) is 17.4. The van der Waals surface area contributed by atoms with E-state index in [0.717, 1.165) is 49.7 Å². The second-order valence-electron chi connectivity index (χ2n) is 7.15. The molecule has 0 saturated heterocycles. The van der Waals surface area contributed by atoms with E-state index in [4.69, 9.17) is 4.42 Å². The number of rotatable bonds is 6. The molecule has 2 aliphatic rings. The quantitative estimate of drug-likeness (QED) is 0.840. The first kappa shape index (κ1) is 16.8. The summed E-state index contributed by atoms with van der Waals surface area (Å²) in [5.74, 6) is 2.01. The Morgan fingerprint density at radius 2 is 2.12 bits per heavy atom. The van der Waals surface area contributed by atoms with E-state index in [1.165, 1.54) is 0 Å². The van der Waals surface area contributed by atoms with Gasteiger partial charge < -0.3 is 4.42 Å². The predicted molar refractivity (Wildman–Crippen MR) is 93.2 cm³/mol. The fourth-order valence-corrected chi connectivity index (χ4v) is 4.85. The molecule has 0 spiro atoms. The largest absolute Gasteiger partial charge is 0.465 e. The highest BCUT2D eigenvalue weighted by Gasteiger charge is 2.36. The summed E-state index contributed by atoms with van der Waals surface area (Å²) in [6, 6.07) is 6.00. The summed E-state index contributed by atoms with van der Waals surface area (Å²) in [4.78, 5) is 2.30. The van der Waals surface area contributed by atoms with Gasteiger partial charge >= 0.3 is 0 Å². The topological polar surface area (TPSA) is 80.4 Å². The lowest BCUT2D eigenvalue weighted by Gasteiger charge is -2.23. The summed E-state index contributed by atoms with van der Waals surface area (Å²) in [5.41, 5.74) is 1.15. The number of hydrogen-bond donors (Lipinski definition) is 1. The molecular weight excluding hydrogens is 340 g/mol. The Morgan fingerprint density at radius 1 is 1.28 bits per heavy atom. The van der Waals surface area contributed by atoms with Crippen molar-refractivity contribution >= 4 is 10.0 Å². The molecular formula is C17H24N4O3S. The molecule has 0 bridgehead atoms. The second-order valence-corrected chi connectivity index (χ2v) is 9.19. The van der Waals surface area contributed by atoms with E-state index in [1.807, 2.05) is 29.8 Å². The molecule has 1 aliphatic heterocycles. The summed E-state index contributed by atoms with van der Waals surface area (Å²) in [6.07, 6.45) is 3.38. The molecule has 2 aromatic heterocycles. The van der Waals surface area contributed by atoms with Gasteiger partial charge in [0.2, 0.25) is 10.0 Å². The van der Waals surface area contributed by atoms with Crippen molar-refractivity contribution in [3.05, 3.63) is 41.6 Å². The van der Waals surface area contributed by atoms with Crippen molar-refractivity contribution in [2.75, 3.05) is 13.1 Å². The molecule has 4 rings (SSSR count). The highest BCUT2D eigenvalue weighted by atomic mass is 32.2. The maximum absolute atomic E-state index is 12.1. The van der Waals surface area contributed by atoms with Crippen LogP contribution in [0.2, 0.25) is 0 Å². The van der Waals surface area contributed by atoms with Gasteiger partial charge in [0, 0.05) is 38.3 Å². The monoisotopic (exact) mass is 364 g/mol. The normalized spacial score (nSPS) is 21.9. The van der Waals surface area contributed by atoms with E-state index in [9.17, 15) is 8.42 Å². The number of aryl methyl sites for hydroxylation is 1. The van der Waals surface area contributed by atoms with E-state index in [1.54, 1.807) is 6.20 Å². The van der Waals surface area contributed by atoms with Crippen LogP contribution in [0.15, 0.2) is 28.8 Å². The second kappa shape index (κ2) is 6.59. The summed E-state index contributed by atoms with van der Waals surface area (Å²) >= 11 is 0. The molecule has 1 saturated carbocycles. The molecule has 3 heterocycles. The number of hydrogen-bond acceptors (Lipinski definition) is 5. The molecule has 1 N–H and O–H groups in total. The Hall–Kier alpha value is -1.64. The van der Waals surface area contributed by atoms with E-state index in [2.05, 4.69) is 14.7 Å². The Morgan fingerprint density at radius 3 is 2.84 bits per heavy atom. The van der Waals surface area contributed by atoms with Crippen LogP contribution in [0.25, 0.3) is 0 Å². The fraction of sp³-hybridized carbons (Fsp3) is 0.588. The summed E-state index contributed by atoms with van der Waals surface area (Å²) < 4.78 is 34.8. The molecule has 0 unspecified atom stereocenters. The van der Waals surface area contributed by atoms with Gasteiger partial charge in [-0.15, -0.1) is 0 Å². The van der Waals surface area contributed by atoms with Gasteiger partial charge in [-0.3, -0.25) is 9.58 Å². The number of nitrogens with one attached hydrogen (secondary N) is 1. The minimum absolute atomic E-state index is 0.172. The maximum Gasteiger partial charge on any atom is 0.214 e. The van der Waals surface area contributed by atoms with E-state index in [-0.39, 0.29) is 11.2 Å². The van der Waals surface area contributed by atoms with Crippen molar-refractivity contribution in [1.29, 1.82) is 0 Å². The van der Waals surface area contributed by atoms with Crippen LogP contribution < -0.4 is 4.72 Å². The van der Waals surface area contributed by atoms with Gasteiger partial charge in [0.1, 0.15) is 11.5 Å². The third kappa shape index (κ3) is 3.96.